The van der Waals surface area contributed by atoms with Crippen molar-refractivity contribution in [1.82, 2.24) is 14.5 Å². The first kappa shape index (κ1) is 17.1. The minimum absolute atomic E-state index is 0.230. The van der Waals surface area contributed by atoms with Crippen molar-refractivity contribution in [2.45, 2.75) is 32.9 Å². The fraction of sp³-hybridized carbons (Fsp3) is 0.333. The van der Waals surface area contributed by atoms with Gasteiger partial charge in [0.2, 0.25) is 5.91 Å². The average molecular weight is 368 g/mol. The normalized spacial score (nSPS) is 17.8. The van der Waals surface area contributed by atoms with Gasteiger partial charge in [0.05, 0.1) is 17.6 Å². The molecular weight excluding hydrogens is 346 g/mol. The zero-order valence-electron chi connectivity index (χ0n) is 14.9. The van der Waals surface area contributed by atoms with Crippen molar-refractivity contribution >= 4 is 28.5 Å². The molecule has 2 heterocycles. The van der Waals surface area contributed by atoms with Gasteiger partial charge in [0.15, 0.2) is 0 Å². The number of rotatable bonds is 4. The second kappa shape index (κ2) is 7.12. The van der Waals surface area contributed by atoms with Crippen molar-refractivity contribution in [3.63, 3.8) is 0 Å². The number of carbonyl (C=O) groups excluding carboxylic acids is 1. The van der Waals surface area contributed by atoms with Crippen LogP contribution in [0.3, 0.4) is 0 Å². The average Bonchev–Trinajstić information content (AvgIpc) is 2.97. The molecule has 134 valence electrons. The van der Waals surface area contributed by atoms with Crippen LogP contribution in [0, 0.1) is 5.92 Å². The molecule has 0 saturated carbocycles. The van der Waals surface area contributed by atoms with Gasteiger partial charge in [-0.1, -0.05) is 42.8 Å². The fourth-order valence-electron chi connectivity index (χ4n) is 3.56. The zero-order valence-corrected chi connectivity index (χ0v) is 15.6. The van der Waals surface area contributed by atoms with Crippen LogP contribution in [-0.2, 0) is 17.9 Å². The maximum Gasteiger partial charge on any atom is 0.223 e. The molecule has 1 amide bonds. The third-order valence-corrected chi connectivity index (χ3v) is 5.34. The SMILES string of the molecule is CC1CCN(Cc2nc3ccccc3n2Cc2ccc(Cl)cc2)C(=O)C1. The standard InChI is InChI=1S/C21H22ClN3O/c1-15-10-11-24(21(26)12-15)14-20-23-18-4-2-3-5-19(18)25(20)13-16-6-8-17(22)9-7-16/h2-9,15H,10-14H2,1H3. The van der Waals surface area contributed by atoms with E-state index in [1.165, 1.54) is 0 Å². The lowest BCUT2D eigenvalue weighted by atomic mass is 9.98. The molecule has 1 aromatic heterocycles. The lowest BCUT2D eigenvalue weighted by molar-refractivity contribution is -0.135. The first-order valence-corrected chi connectivity index (χ1v) is 9.44. The Morgan fingerprint density at radius 1 is 1.12 bits per heavy atom. The van der Waals surface area contributed by atoms with Crippen LogP contribution in [-0.4, -0.2) is 26.9 Å². The Morgan fingerprint density at radius 2 is 1.88 bits per heavy atom. The molecule has 0 aliphatic carbocycles. The Morgan fingerprint density at radius 3 is 2.65 bits per heavy atom. The van der Waals surface area contributed by atoms with E-state index >= 15 is 0 Å². The summed E-state index contributed by atoms with van der Waals surface area (Å²) >= 11 is 6.01. The van der Waals surface area contributed by atoms with Gasteiger partial charge < -0.3 is 9.47 Å². The Kier molecular flexibility index (Phi) is 4.68. The van der Waals surface area contributed by atoms with E-state index in [-0.39, 0.29) is 5.91 Å². The fourth-order valence-corrected chi connectivity index (χ4v) is 3.69. The molecule has 5 heteroatoms. The van der Waals surface area contributed by atoms with Crippen molar-refractivity contribution in [2.24, 2.45) is 5.92 Å². The second-order valence-electron chi connectivity index (χ2n) is 7.14. The van der Waals surface area contributed by atoms with Gasteiger partial charge in [-0.3, -0.25) is 4.79 Å². The summed E-state index contributed by atoms with van der Waals surface area (Å²) in [4.78, 5) is 19.2. The highest BCUT2D eigenvalue weighted by Gasteiger charge is 2.25. The third kappa shape index (κ3) is 3.47. The number of halogens is 1. The van der Waals surface area contributed by atoms with E-state index in [2.05, 4.69) is 17.6 Å². The van der Waals surface area contributed by atoms with E-state index in [1.807, 2.05) is 47.4 Å². The van der Waals surface area contributed by atoms with Crippen LogP contribution in [0.25, 0.3) is 11.0 Å². The summed E-state index contributed by atoms with van der Waals surface area (Å²) in [7, 11) is 0. The van der Waals surface area contributed by atoms with Crippen molar-refractivity contribution in [3.05, 3.63) is 64.9 Å². The number of imidazole rings is 1. The van der Waals surface area contributed by atoms with Crippen molar-refractivity contribution < 1.29 is 4.79 Å². The predicted octanol–water partition coefficient (Wildman–Crippen LogP) is 4.50. The molecule has 4 nitrogen and oxygen atoms in total. The van der Waals surface area contributed by atoms with Gasteiger partial charge in [-0.05, 0) is 42.2 Å². The lowest BCUT2D eigenvalue weighted by Gasteiger charge is -2.30. The molecule has 3 aromatic rings. The summed E-state index contributed by atoms with van der Waals surface area (Å²) in [6.07, 6.45) is 1.70. The molecule has 1 fully saturated rings. The quantitative estimate of drug-likeness (QED) is 0.681. The van der Waals surface area contributed by atoms with Gasteiger partial charge >= 0.3 is 0 Å². The largest absolute Gasteiger partial charge is 0.335 e. The first-order valence-electron chi connectivity index (χ1n) is 9.06. The van der Waals surface area contributed by atoms with Crippen LogP contribution in [0.5, 0.6) is 0 Å². The zero-order chi connectivity index (χ0) is 18.1. The van der Waals surface area contributed by atoms with Gasteiger partial charge in [-0.2, -0.15) is 0 Å². The van der Waals surface area contributed by atoms with Crippen LogP contribution in [0.1, 0.15) is 31.2 Å². The van der Waals surface area contributed by atoms with E-state index in [0.29, 0.717) is 25.4 Å². The summed E-state index contributed by atoms with van der Waals surface area (Å²) in [5, 5.41) is 0.734. The summed E-state index contributed by atoms with van der Waals surface area (Å²) in [6, 6.07) is 16.0. The highest BCUT2D eigenvalue weighted by atomic mass is 35.5. The topological polar surface area (TPSA) is 38.1 Å². The van der Waals surface area contributed by atoms with Crippen LogP contribution in [0.4, 0.5) is 0 Å². The molecule has 1 aliphatic heterocycles. The number of nitrogens with zero attached hydrogens (tertiary/aromatic N) is 3. The molecule has 1 atom stereocenters. The molecule has 1 unspecified atom stereocenters. The molecule has 4 rings (SSSR count). The number of likely N-dealkylation sites (tertiary alicyclic amines) is 1. The van der Waals surface area contributed by atoms with E-state index in [0.717, 1.165) is 40.4 Å². The highest BCUT2D eigenvalue weighted by molar-refractivity contribution is 6.30. The lowest BCUT2D eigenvalue weighted by Crippen LogP contribution is -2.38. The number of aromatic nitrogens is 2. The Hall–Kier alpha value is -2.33. The van der Waals surface area contributed by atoms with Gasteiger partial charge in [0.25, 0.3) is 0 Å². The minimum atomic E-state index is 0.230. The number of amides is 1. The molecule has 0 bridgehead atoms. The molecule has 0 radical (unpaired) electrons. The molecule has 2 aromatic carbocycles. The summed E-state index contributed by atoms with van der Waals surface area (Å²) in [5.74, 6) is 1.64. The number of benzene rings is 2. The van der Waals surface area contributed by atoms with Gasteiger partial charge in [-0.15, -0.1) is 0 Å². The maximum atomic E-state index is 12.4. The summed E-state index contributed by atoms with van der Waals surface area (Å²) in [5.41, 5.74) is 3.22. The molecule has 1 aliphatic rings. The predicted molar refractivity (Wildman–Crippen MR) is 104 cm³/mol. The van der Waals surface area contributed by atoms with E-state index < -0.39 is 0 Å². The summed E-state index contributed by atoms with van der Waals surface area (Å²) in [6.45, 7) is 4.23. The van der Waals surface area contributed by atoms with Gasteiger partial charge in [0, 0.05) is 24.5 Å². The third-order valence-electron chi connectivity index (χ3n) is 5.09. The van der Waals surface area contributed by atoms with Crippen molar-refractivity contribution in [2.75, 3.05) is 6.54 Å². The van der Waals surface area contributed by atoms with Crippen LogP contribution < -0.4 is 0 Å². The molecule has 0 N–H and O–H groups in total. The van der Waals surface area contributed by atoms with Gasteiger partial charge in [0.1, 0.15) is 5.82 Å². The minimum Gasteiger partial charge on any atom is -0.335 e. The van der Waals surface area contributed by atoms with E-state index in [9.17, 15) is 4.79 Å². The van der Waals surface area contributed by atoms with Crippen molar-refractivity contribution in [1.29, 1.82) is 0 Å². The van der Waals surface area contributed by atoms with Gasteiger partial charge in [-0.25, -0.2) is 4.98 Å². The monoisotopic (exact) mass is 367 g/mol. The number of piperidine rings is 1. The van der Waals surface area contributed by atoms with Crippen LogP contribution >= 0.6 is 11.6 Å². The molecule has 26 heavy (non-hydrogen) atoms. The Balaban J connectivity index is 1.67. The maximum absolute atomic E-state index is 12.4. The molecule has 1 saturated heterocycles. The van der Waals surface area contributed by atoms with Crippen LogP contribution in [0.15, 0.2) is 48.5 Å². The Bertz CT molecular complexity index is 932. The second-order valence-corrected chi connectivity index (χ2v) is 7.58. The Labute approximate surface area is 158 Å². The number of carbonyl (C=O) groups is 1. The number of para-hydroxylation sites is 2. The number of hydrogen-bond acceptors (Lipinski definition) is 2. The van der Waals surface area contributed by atoms with E-state index in [1.54, 1.807) is 0 Å². The summed E-state index contributed by atoms with van der Waals surface area (Å²) < 4.78 is 2.21. The first-order chi connectivity index (χ1) is 12.6. The highest BCUT2D eigenvalue weighted by Crippen LogP contribution is 2.23. The number of fused-ring (bicyclic) bond motifs is 1. The van der Waals surface area contributed by atoms with Crippen LogP contribution in [0.2, 0.25) is 5.02 Å². The smallest absolute Gasteiger partial charge is 0.223 e. The van der Waals surface area contributed by atoms with E-state index in [4.69, 9.17) is 16.6 Å². The molecule has 0 spiro atoms. The molecular formula is C21H22ClN3O. The van der Waals surface area contributed by atoms with Crippen molar-refractivity contribution in [3.8, 4) is 0 Å². The number of hydrogen-bond donors (Lipinski definition) is 0.